The molecule has 0 atom stereocenters. The fraction of sp³-hybridized carbons (Fsp3) is 0.632. The lowest BCUT2D eigenvalue weighted by Crippen LogP contribution is -1.96. The van der Waals surface area contributed by atoms with E-state index in [1.165, 1.54) is 31.4 Å². The summed E-state index contributed by atoms with van der Waals surface area (Å²) in [7, 11) is 0. The molecule has 0 saturated heterocycles. The van der Waals surface area contributed by atoms with Crippen LogP contribution in [0.15, 0.2) is 23.2 Å². The van der Waals surface area contributed by atoms with E-state index in [2.05, 4.69) is 26.8 Å². The summed E-state index contributed by atoms with van der Waals surface area (Å²) in [5, 5.41) is 1.87. The first-order valence-corrected chi connectivity index (χ1v) is 12.2. The summed E-state index contributed by atoms with van der Waals surface area (Å²) < 4.78 is 1.16. The molecule has 24 heavy (non-hydrogen) atoms. The van der Waals surface area contributed by atoms with Crippen LogP contribution >= 0.6 is 46.9 Å². The Morgan fingerprint density at radius 1 is 1.17 bits per heavy atom. The fourth-order valence-electron chi connectivity index (χ4n) is 1.88. The van der Waals surface area contributed by atoms with E-state index < -0.39 is 0 Å². The second-order valence-electron chi connectivity index (χ2n) is 6.25. The van der Waals surface area contributed by atoms with Crippen LogP contribution < -0.4 is 0 Å². The zero-order chi connectivity index (χ0) is 17.8. The summed E-state index contributed by atoms with van der Waals surface area (Å²) in [6.07, 6.45) is 5.36. The molecular weight excluding hydrogens is 374 g/mol. The minimum Gasteiger partial charge on any atom is -0.235 e. The number of unbranched alkanes of at least 4 members (excludes halogenated alkanes) is 3. The molecular formula is C19H30ClNS3. The van der Waals surface area contributed by atoms with Crippen molar-refractivity contribution in [3.05, 3.63) is 28.8 Å². The predicted molar refractivity (Wildman–Crippen MR) is 120 cm³/mol. The first-order valence-electron chi connectivity index (χ1n) is 8.71. The Kier molecular flexibility index (Phi) is 12.5. The highest BCUT2D eigenvalue weighted by molar-refractivity contribution is 8.41. The second-order valence-corrected chi connectivity index (χ2v) is 10.4. The van der Waals surface area contributed by atoms with Gasteiger partial charge < -0.3 is 0 Å². The van der Waals surface area contributed by atoms with Crippen molar-refractivity contribution in [3.63, 3.8) is 0 Å². The lowest BCUT2D eigenvalue weighted by molar-refractivity contribution is 0.707. The van der Waals surface area contributed by atoms with Crippen LogP contribution in [0.5, 0.6) is 0 Å². The first-order chi connectivity index (χ1) is 11.5. The van der Waals surface area contributed by atoms with Gasteiger partial charge in [0.15, 0.2) is 0 Å². The number of aliphatic imine (C=N–C) groups is 1. The second kappa shape index (κ2) is 13.4. The number of thioether (sulfide) groups is 3. The van der Waals surface area contributed by atoms with Crippen molar-refractivity contribution in [3.8, 4) is 0 Å². The normalized spacial score (nSPS) is 12.2. The Morgan fingerprint density at radius 2 is 1.96 bits per heavy atom. The fourth-order valence-corrected chi connectivity index (χ4v) is 5.46. The highest BCUT2D eigenvalue weighted by Crippen LogP contribution is 2.29. The van der Waals surface area contributed by atoms with Crippen LogP contribution in [0.4, 0.5) is 5.69 Å². The highest BCUT2D eigenvalue weighted by atomic mass is 35.5. The third-order valence-corrected chi connectivity index (χ3v) is 7.66. The maximum Gasteiger partial charge on any atom is 0.131 e. The van der Waals surface area contributed by atoms with Gasteiger partial charge in [-0.05, 0) is 42.7 Å². The average molecular weight is 404 g/mol. The Balaban J connectivity index is 2.53. The monoisotopic (exact) mass is 403 g/mol. The number of benzene rings is 1. The summed E-state index contributed by atoms with van der Waals surface area (Å²) >= 11 is 12.0. The van der Waals surface area contributed by atoms with Gasteiger partial charge in [0.25, 0.3) is 0 Å². The summed E-state index contributed by atoms with van der Waals surface area (Å²) in [6, 6.07) is 6.06. The molecule has 0 aromatic heterocycles. The van der Waals surface area contributed by atoms with Crippen molar-refractivity contribution in [2.75, 3.05) is 16.6 Å². The van der Waals surface area contributed by atoms with Crippen LogP contribution in [-0.4, -0.2) is 21.0 Å². The summed E-state index contributed by atoms with van der Waals surface area (Å²) in [4.78, 5) is 4.82. The molecule has 1 nitrogen and oxygen atoms in total. The van der Waals surface area contributed by atoms with E-state index in [-0.39, 0.29) is 0 Å². The number of halogens is 1. The van der Waals surface area contributed by atoms with Gasteiger partial charge in [0.1, 0.15) is 4.38 Å². The van der Waals surface area contributed by atoms with Crippen molar-refractivity contribution < 1.29 is 0 Å². The average Bonchev–Trinajstić information content (AvgIpc) is 2.54. The molecule has 0 fully saturated rings. The SMILES string of the molecule is CCCCCCSCSC(=Nc1ccc(C)c(Cl)c1)SCC(C)C. The van der Waals surface area contributed by atoms with E-state index in [4.69, 9.17) is 16.6 Å². The number of rotatable bonds is 10. The lowest BCUT2D eigenvalue weighted by Gasteiger charge is -2.09. The topological polar surface area (TPSA) is 12.4 Å². The van der Waals surface area contributed by atoms with E-state index in [1.807, 2.05) is 54.3 Å². The molecule has 0 heterocycles. The van der Waals surface area contributed by atoms with Crippen LogP contribution in [0.1, 0.15) is 52.0 Å². The molecule has 0 saturated carbocycles. The van der Waals surface area contributed by atoms with Crippen LogP contribution in [0.3, 0.4) is 0 Å². The van der Waals surface area contributed by atoms with Gasteiger partial charge in [-0.3, -0.25) is 0 Å². The number of hydrogen-bond acceptors (Lipinski definition) is 4. The molecule has 0 aliphatic heterocycles. The van der Waals surface area contributed by atoms with Crippen LogP contribution in [0.25, 0.3) is 0 Å². The van der Waals surface area contributed by atoms with Gasteiger partial charge in [0.05, 0.1) is 5.69 Å². The Hall–Kier alpha value is 0.230. The van der Waals surface area contributed by atoms with Gasteiger partial charge in [-0.15, -0.1) is 0 Å². The smallest absolute Gasteiger partial charge is 0.131 e. The Labute approximate surface area is 166 Å². The van der Waals surface area contributed by atoms with Gasteiger partial charge in [-0.25, -0.2) is 4.99 Å². The summed E-state index contributed by atoms with van der Waals surface area (Å²) in [6.45, 7) is 8.78. The van der Waals surface area contributed by atoms with Crippen molar-refractivity contribution >= 4 is 56.9 Å². The third-order valence-electron chi connectivity index (χ3n) is 3.32. The van der Waals surface area contributed by atoms with Crippen molar-refractivity contribution in [1.29, 1.82) is 0 Å². The van der Waals surface area contributed by atoms with Gasteiger partial charge in [-0.1, -0.05) is 81.2 Å². The van der Waals surface area contributed by atoms with E-state index in [1.54, 1.807) is 0 Å². The van der Waals surface area contributed by atoms with Crippen molar-refractivity contribution in [1.82, 2.24) is 0 Å². The van der Waals surface area contributed by atoms with Crippen molar-refractivity contribution in [2.24, 2.45) is 10.9 Å². The lowest BCUT2D eigenvalue weighted by atomic mass is 10.2. The molecule has 5 heteroatoms. The van der Waals surface area contributed by atoms with E-state index in [0.29, 0.717) is 5.92 Å². The standard InChI is InChI=1S/C19H30ClNS3/c1-5-6-7-8-11-22-14-24-19(23-13-15(2)3)21-17-10-9-16(4)18(20)12-17/h9-10,12,15H,5-8,11,13-14H2,1-4H3. The summed E-state index contributed by atoms with van der Waals surface area (Å²) in [5.74, 6) is 3.03. The Morgan fingerprint density at radius 3 is 2.62 bits per heavy atom. The van der Waals surface area contributed by atoms with Crippen LogP contribution in [0, 0.1) is 12.8 Å². The molecule has 1 aromatic carbocycles. The molecule has 0 bridgehead atoms. The van der Waals surface area contributed by atoms with E-state index in [9.17, 15) is 0 Å². The molecule has 0 aliphatic carbocycles. The molecule has 0 spiro atoms. The molecule has 136 valence electrons. The molecule has 0 aliphatic rings. The number of nitrogens with zero attached hydrogens (tertiary/aromatic N) is 1. The largest absolute Gasteiger partial charge is 0.235 e. The molecule has 0 N–H and O–H groups in total. The minimum atomic E-state index is 0.670. The van der Waals surface area contributed by atoms with E-state index in [0.717, 1.165) is 31.5 Å². The molecule has 0 unspecified atom stereocenters. The predicted octanol–water partition coefficient (Wildman–Crippen LogP) is 8.03. The molecule has 1 rings (SSSR count). The van der Waals surface area contributed by atoms with Gasteiger partial charge in [-0.2, -0.15) is 11.8 Å². The minimum absolute atomic E-state index is 0.670. The van der Waals surface area contributed by atoms with Gasteiger partial charge in [0, 0.05) is 15.9 Å². The highest BCUT2D eigenvalue weighted by Gasteiger charge is 2.06. The third kappa shape index (κ3) is 10.3. The zero-order valence-corrected chi connectivity index (χ0v) is 18.5. The molecule has 0 amide bonds. The maximum absolute atomic E-state index is 6.23. The molecule has 1 aromatic rings. The molecule has 0 radical (unpaired) electrons. The number of hydrogen-bond donors (Lipinski definition) is 0. The quantitative estimate of drug-likeness (QED) is 0.170. The van der Waals surface area contributed by atoms with Crippen molar-refractivity contribution in [2.45, 2.75) is 53.4 Å². The van der Waals surface area contributed by atoms with Crippen LogP contribution in [-0.2, 0) is 0 Å². The zero-order valence-electron chi connectivity index (χ0n) is 15.3. The maximum atomic E-state index is 6.23. The van der Waals surface area contributed by atoms with Gasteiger partial charge >= 0.3 is 0 Å². The number of aryl methyl sites for hydroxylation is 1. The summed E-state index contributed by atoms with van der Waals surface area (Å²) in [5.41, 5.74) is 2.06. The Bertz CT molecular complexity index is 503. The van der Waals surface area contributed by atoms with Gasteiger partial charge in [0.2, 0.25) is 0 Å². The van der Waals surface area contributed by atoms with E-state index >= 15 is 0 Å². The van der Waals surface area contributed by atoms with Crippen LogP contribution in [0.2, 0.25) is 5.02 Å². The first kappa shape index (κ1) is 22.3.